The first-order chi connectivity index (χ1) is 14.0. The second kappa shape index (κ2) is 7.15. The summed E-state index contributed by atoms with van der Waals surface area (Å²) in [5.74, 6) is 0.508. The van der Waals surface area contributed by atoms with Crippen LogP contribution in [0.3, 0.4) is 0 Å². The first-order valence-electron chi connectivity index (χ1n) is 10.1. The molecular formula is C24H23NO3S. The van der Waals surface area contributed by atoms with E-state index in [0.717, 1.165) is 43.8 Å². The van der Waals surface area contributed by atoms with Crippen LogP contribution in [0.2, 0.25) is 0 Å². The molecule has 0 atom stereocenters. The summed E-state index contributed by atoms with van der Waals surface area (Å²) < 4.78 is 6.54. The van der Waals surface area contributed by atoms with E-state index in [0.29, 0.717) is 16.2 Å². The van der Waals surface area contributed by atoms with Gasteiger partial charge in [-0.25, -0.2) is 0 Å². The maximum absolute atomic E-state index is 12.6. The Morgan fingerprint density at radius 3 is 2.38 bits per heavy atom. The van der Waals surface area contributed by atoms with Gasteiger partial charge in [-0.2, -0.15) is 0 Å². The summed E-state index contributed by atoms with van der Waals surface area (Å²) in [7, 11) is 0. The molecule has 2 aliphatic heterocycles. The highest BCUT2D eigenvalue weighted by Crippen LogP contribution is 2.47. The molecule has 4 nitrogen and oxygen atoms in total. The number of hydrogen-bond acceptors (Lipinski definition) is 5. The molecule has 2 aromatic carbocycles. The van der Waals surface area contributed by atoms with Crippen LogP contribution in [0.4, 0.5) is 0 Å². The number of piperidine rings is 1. The average molecular weight is 406 g/mol. The van der Waals surface area contributed by atoms with E-state index in [1.54, 1.807) is 12.1 Å². The summed E-state index contributed by atoms with van der Waals surface area (Å²) in [4.78, 5) is 27.9. The van der Waals surface area contributed by atoms with Crippen LogP contribution in [0.5, 0.6) is 0 Å². The van der Waals surface area contributed by atoms with Crippen molar-refractivity contribution in [3.63, 3.8) is 0 Å². The van der Waals surface area contributed by atoms with Crippen LogP contribution in [0.1, 0.15) is 39.9 Å². The van der Waals surface area contributed by atoms with Gasteiger partial charge in [0.2, 0.25) is 11.6 Å². The summed E-state index contributed by atoms with van der Waals surface area (Å²) in [5.41, 5.74) is 3.58. The Hall–Kier alpha value is -2.37. The molecule has 5 heteroatoms. The van der Waals surface area contributed by atoms with Crippen molar-refractivity contribution >= 4 is 29.1 Å². The number of carbonyl (C=O) groups is 2. The molecule has 29 heavy (non-hydrogen) atoms. The van der Waals surface area contributed by atoms with Gasteiger partial charge < -0.3 is 4.74 Å². The molecular weight excluding hydrogens is 382 g/mol. The monoisotopic (exact) mass is 405 g/mol. The van der Waals surface area contributed by atoms with E-state index < -0.39 is 11.6 Å². The number of fused-ring (bicyclic) bond motifs is 2. The summed E-state index contributed by atoms with van der Waals surface area (Å²) >= 11 is 1.50. The van der Waals surface area contributed by atoms with Crippen molar-refractivity contribution in [2.24, 2.45) is 0 Å². The van der Waals surface area contributed by atoms with E-state index in [-0.39, 0.29) is 5.60 Å². The highest BCUT2D eigenvalue weighted by Gasteiger charge is 2.45. The Morgan fingerprint density at radius 2 is 1.66 bits per heavy atom. The molecule has 0 radical (unpaired) electrons. The lowest BCUT2D eigenvalue weighted by Gasteiger charge is -2.45. The normalized spacial score (nSPS) is 21.0. The quantitative estimate of drug-likeness (QED) is 0.700. The number of rotatable bonds is 2. The second-order valence-electron chi connectivity index (χ2n) is 8.20. The maximum atomic E-state index is 12.6. The zero-order valence-electron chi connectivity index (χ0n) is 16.4. The van der Waals surface area contributed by atoms with E-state index in [4.69, 9.17) is 4.74 Å². The van der Waals surface area contributed by atoms with Crippen molar-refractivity contribution in [3.05, 3.63) is 75.7 Å². The molecule has 1 fully saturated rings. The average Bonchev–Trinajstić information content (AvgIpc) is 2.75. The van der Waals surface area contributed by atoms with Gasteiger partial charge in [-0.3, -0.25) is 14.5 Å². The molecule has 2 aromatic rings. The first kappa shape index (κ1) is 18.6. The molecule has 1 spiro atoms. The van der Waals surface area contributed by atoms with E-state index in [2.05, 4.69) is 36.1 Å². The zero-order chi connectivity index (χ0) is 20.0. The number of nitrogens with zero attached hydrogens (tertiary/aromatic N) is 1. The van der Waals surface area contributed by atoms with Gasteiger partial charge in [0, 0.05) is 49.4 Å². The predicted molar refractivity (Wildman–Crippen MR) is 115 cm³/mol. The molecule has 0 aromatic heterocycles. The second-order valence-corrected chi connectivity index (χ2v) is 9.18. The summed E-state index contributed by atoms with van der Waals surface area (Å²) in [5, 5.41) is 0. The Bertz CT molecular complexity index is 1020. The lowest BCUT2D eigenvalue weighted by atomic mass is 9.90. The minimum atomic E-state index is -0.421. The van der Waals surface area contributed by atoms with Crippen molar-refractivity contribution < 1.29 is 14.3 Å². The van der Waals surface area contributed by atoms with Gasteiger partial charge in [-0.15, -0.1) is 11.8 Å². The van der Waals surface area contributed by atoms with Crippen LogP contribution >= 0.6 is 11.8 Å². The molecule has 0 N–H and O–H groups in total. The number of Topliss-reactive ketones (excluding diaryl/α,β-unsaturated/α-hetero) is 2. The Morgan fingerprint density at radius 1 is 0.966 bits per heavy atom. The van der Waals surface area contributed by atoms with Gasteiger partial charge >= 0.3 is 0 Å². The third-order valence-corrected chi connectivity index (χ3v) is 7.46. The van der Waals surface area contributed by atoms with Gasteiger partial charge in [0.05, 0.1) is 0 Å². The Balaban J connectivity index is 1.33. The number of likely N-dealkylation sites (tertiary alicyclic amines) is 1. The van der Waals surface area contributed by atoms with Crippen LogP contribution in [-0.2, 0) is 16.1 Å². The molecule has 148 valence electrons. The van der Waals surface area contributed by atoms with Gasteiger partial charge in [-0.05, 0) is 12.5 Å². The third-order valence-electron chi connectivity index (χ3n) is 6.13. The van der Waals surface area contributed by atoms with Gasteiger partial charge in [-0.1, -0.05) is 54.1 Å². The Labute approximate surface area is 174 Å². The predicted octanol–water partition coefficient (Wildman–Crippen LogP) is 4.23. The van der Waals surface area contributed by atoms with Crippen LogP contribution in [0.15, 0.2) is 53.4 Å². The molecule has 0 saturated carbocycles. The number of carbonyl (C=O) groups excluding carboxylic acids is 2. The minimum absolute atomic E-state index is 0.263. The number of hydrogen-bond donors (Lipinski definition) is 0. The fraction of sp³-hybridized carbons (Fsp3) is 0.333. The van der Waals surface area contributed by atoms with E-state index in [1.165, 1.54) is 22.9 Å². The third kappa shape index (κ3) is 3.32. The highest BCUT2D eigenvalue weighted by molar-refractivity contribution is 8.04. The highest BCUT2D eigenvalue weighted by atomic mass is 32.2. The first-order valence-corrected chi connectivity index (χ1v) is 11.1. The van der Waals surface area contributed by atoms with Crippen LogP contribution in [0, 0.1) is 6.92 Å². The zero-order valence-corrected chi connectivity index (χ0v) is 17.3. The fourth-order valence-electron chi connectivity index (χ4n) is 4.33. The van der Waals surface area contributed by atoms with E-state index >= 15 is 0 Å². The summed E-state index contributed by atoms with van der Waals surface area (Å²) in [6.07, 6.45) is 1.85. The van der Waals surface area contributed by atoms with E-state index in [1.807, 2.05) is 12.1 Å². The Kier molecular flexibility index (Phi) is 4.60. The summed E-state index contributed by atoms with van der Waals surface area (Å²) in [6.45, 7) is 4.99. The van der Waals surface area contributed by atoms with Crippen molar-refractivity contribution in [1.82, 2.24) is 4.90 Å². The number of ketones is 2. The number of ether oxygens (including phenoxy) is 1. The van der Waals surface area contributed by atoms with Crippen LogP contribution in [-0.4, -0.2) is 40.9 Å². The topological polar surface area (TPSA) is 46.6 Å². The molecule has 3 aliphatic rings. The maximum Gasteiger partial charge on any atom is 0.243 e. The SMILES string of the molecule is Cc1ccc(CN2CCC3(CC2)CSC2=C(O3)c3ccccc3C(=O)C2=O)cc1. The molecule has 1 aliphatic carbocycles. The van der Waals surface area contributed by atoms with Crippen LogP contribution in [0.25, 0.3) is 5.76 Å². The molecule has 1 saturated heterocycles. The standard InChI is InChI=1S/C24H23NO3S/c1-16-6-8-17(9-7-16)14-25-12-10-24(11-13-25)15-29-23-21(27)20(26)18-4-2-3-5-19(18)22(23)28-24/h2-9H,10-15H2,1H3. The molecule has 5 rings (SSSR count). The smallest absolute Gasteiger partial charge is 0.243 e. The minimum Gasteiger partial charge on any atom is -0.484 e. The van der Waals surface area contributed by atoms with Crippen molar-refractivity contribution in [2.45, 2.75) is 31.9 Å². The lowest BCUT2D eigenvalue weighted by molar-refractivity contribution is -0.111. The molecule has 0 unspecified atom stereocenters. The number of thioether (sulfide) groups is 1. The number of allylic oxidation sites excluding steroid dienone is 1. The van der Waals surface area contributed by atoms with E-state index in [9.17, 15) is 9.59 Å². The molecule has 0 amide bonds. The number of benzene rings is 2. The van der Waals surface area contributed by atoms with Gasteiger partial charge in [0.25, 0.3) is 0 Å². The van der Waals surface area contributed by atoms with Crippen molar-refractivity contribution in [2.75, 3.05) is 18.8 Å². The number of aryl methyl sites for hydroxylation is 1. The molecule has 0 bridgehead atoms. The van der Waals surface area contributed by atoms with Crippen LogP contribution < -0.4 is 0 Å². The fourth-order valence-corrected chi connectivity index (χ4v) is 5.59. The van der Waals surface area contributed by atoms with Gasteiger partial charge in [0.15, 0.2) is 0 Å². The van der Waals surface area contributed by atoms with Crippen molar-refractivity contribution in [3.8, 4) is 0 Å². The largest absolute Gasteiger partial charge is 0.484 e. The van der Waals surface area contributed by atoms with Crippen molar-refractivity contribution in [1.29, 1.82) is 0 Å². The lowest BCUT2D eigenvalue weighted by Crippen LogP contribution is -2.49. The van der Waals surface area contributed by atoms with Gasteiger partial charge in [0.1, 0.15) is 16.3 Å². The summed E-state index contributed by atoms with van der Waals surface area (Å²) in [6, 6.07) is 16.0. The molecule has 2 heterocycles.